The third-order valence-electron chi connectivity index (χ3n) is 6.70. The molecule has 1 N–H and O–H groups in total. The van der Waals surface area contributed by atoms with Gasteiger partial charge in [-0.3, -0.25) is 9.69 Å². The quantitative estimate of drug-likeness (QED) is 0.654. The molecule has 0 spiro atoms. The lowest BCUT2D eigenvalue weighted by Gasteiger charge is -2.25. The first-order valence-corrected chi connectivity index (χ1v) is 11.6. The van der Waals surface area contributed by atoms with E-state index in [1.165, 1.54) is 6.92 Å². The van der Waals surface area contributed by atoms with Crippen LogP contribution in [0.3, 0.4) is 0 Å². The predicted octanol–water partition coefficient (Wildman–Crippen LogP) is 4.72. The first kappa shape index (κ1) is 23.0. The van der Waals surface area contributed by atoms with Gasteiger partial charge in [-0.1, -0.05) is 12.1 Å². The molecule has 5 rings (SSSR count). The number of nitrogens with one attached hydrogen (secondary N) is 1. The Morgan fingerprint density at radius 3 is 2.62 bits per heavy atom. The van der Waals surface area contributed by atoms with Crippen LogP contribution in [0, 0.1) is 24.4 Å². The first-order chi connectivity index (χ1) is 16.5. The molecule has 3 heterocycles. The van der Waals surface area contributed by atoms with Gasteiger partial charge in [-0.2, -0.15) is 0 Å². The molecule has 0 saturated carbocycles. The van der Waals surface area contributed by atoms with Crippen molar-refractivity contribution in [1.82, 2.24) is 0 Å². The molecule has 2 aromatic rings. The van der Waals surface area contributed by atoms with E-state index in [9.17, 15) is 9.18 Å². The van der Waals surface area contributed by atoms with Crippen molar-refractivity contribution in [3.63, 3.8) is 0 Å². The predicted molar refractivity (Wildman–Crippen MR) is 120 cm³/mol. The Bertz CT molecular complexity index is 1100. The van der Waals surface area contributed by atoms with Crippen LogP contribution in [0.15, 0.2) is 18.2 Å². The van der Waals surface area contributed by atoms with E-state index in [4.69, 9.17) is 14.2 Å². The molecule has 6 nitrogen and oxygen atoms in total. The number of halogens is 3. The standard InChI is InChI=1S/C25H27F3N2O4/c1-14-20(26)23(22(28)24(21(14)27)34-13-17-5-3-9-33-17)30-12-15-4-2-6-18(19(15)25(30)31)29-16-7-10-32-11-8-16/h2,4,6,16-17,29H,3,5,7-13H2,1H3. The molecule has 1 unspecified atom stereocenters. The van der Waals surface area contributed by atoms with Gasteiger partial charge in [-0.25, -0.2) is 13.2 Å². The van der Waals surface area contributed by atoms with Crippen LogP contribution < -0.4 is 15.0 Å². The maximum atomic E-state index is 15.5. The van der Waals surface area contributed by atoms with Gasteiger partial charge in [0.05, 0.1) is 18.2 Å². The van der Waals surface area contributed by atoms with E-state index in [1.807, 2.05) is 0 Å². The molecule has 2 fully saturated rings. The minimum Gasteiger partial charge on any atom is -0.485 e. The monoisotopic (exact) mass is 476 g/mol. The van der Waals surface area contributed by atoms with Crippen LogP contribution in [-0.4, -0.2) is 44.5 Å². The fourth-order valence-electron chi connectivity index (χ4n) is 4.78. The molecule has 1 amide bonds. The van der Waals surface area contributed by atoms with Crippen molar-refractivity contribution in [3.8, 4) is 5.75 Å². The fraction of sp³-hybridized carbons (Fsp3) is 0.480. The summed E-state index contributed by atoms with van der Waals surface area (Å²) in [5, 5.41) is 3.38. The summed E-state index contributed by atoms with van der Waals surface area (Å²) >= 11 is 0. The lowest BCUT2D eigenvalue weighted by molar-refractivity contribution is 0.0649. The Hall–Kier alpha value is -2.78. The van der Waals surface area contributed by atoms with Gasteiger partial charge >= 0.3 is 0 Å². The van der Waals surface area contributed by atoms with Gasteiger partial charge in [0.25, 0.3) is 5.91 Å². The SMILES string of the molecule is Cc1c(F)c(OCC2CCCO2)c(F)c(N2Cc3cccc(NC4CCOCC4)c3C2=O)c1F. The van der Waals surface area contributed by atoms with Crippen LogP contribution in [0.25, 0.3) is 0 Å². The summed E-state index contributed by atoms with van der Waals surface area (Å²) in [6.45, 7) is 2.96. The van der Waals surface area contributed by atoms with Gasteiger partial charge < -0.3 is 19.5 Å². The largest absolute Gasteiger partial charge is 0.485 e. The number of anilines is 2. The summed E-state index contributed by atoms with van der Waals surface area (Å²) < 4.78 is 61.7. The normalized spacial score (nSPS) is 20.6. The van der Waals surface area contributed by atoms with Crippen molar-refractivity contribution < 1.29 is 32.2 Å². The third kappa shape index (κ3) is 4.11. The lowest BCUT2D eigenvalue weighted by atomic mass is 10.0. The van der Waals surface area contributed by atoms with Crippen molar-refractivity contribution in [2.75, 3.05) is 36.6 Å². The molecule has 0 radical (unpaired) electrons. The molecular weight excluding hydrogens is 449 g/mol. The van der Waals surface area contributed by atoms with E-state index in [-0.39, 0.29) is 25.3 Å². The van der Waals surface area contributed by atoms with Crippen LogP contribution in [0.2, 0.25) is 0 Å². The number of carbonyl (C=O) groups is 1. The zero-order chi connectivity index (χ0) is 23.8. The van der Waals surface area contributed by atoms with Crippen LogP contribution in [0.4, 0.5) is 24.5 Å². The maximum Gasteiger partial charge on any atom is 0.261 e. The highest BCUT2D eigenvalue weighted by Crippen LogP contribution is 2.41. The van der Waals surface area contributed by atoms with E-state index >= 15 is 8.78 Å². The zero-order valence-electron chi connectivity index (χ0n) is 19.0. The Labute approximate surface area is 196 Å². The molecule has 0 aliphatic carbocycles. The summed E-state index contributed by atoms with van der Waals surface area (Å²) in [6.07, 6.45) is 2.89. The van der Waals surface area contributed by atoms with Gasteiger partial charge in [0.15, 0.2) is 23.2 Å². The van der Waals surface area contributed by atoms with Crippen molar-refractivity contribution in [2.45, 2.75) is 51.3 Å². The van der Waals surface area contributed by atoms with Crippen molar-refractivity contribution in [1.29, 1.82) is 0 Å². The number of amides is 1. The summed E-state index contributed by atoms with van der Waals surface area (Å²) in [6, 6.07) is 5.48. The van der Waals surface area contributed by atoms with Crippen LogP contribution >= 0.6 is 0 Å². The van der Waals surface area contributed by atoms with Gasteiger partial charge in [0.2, 0.25) is 0 Å². The van der Waals surface area contributed by atoms with E-state index in [1.54, 1.807) is 18.2 Å². The van der Waals surface area contributed by atoms with Crippen molar-refractivity contribution in [2.24, 2.45) is 0 Å². The Morgan fingerprint density at radius 2 is 1.88 bits per heavy atom. The molecule has 0 aromatic heterocycles. The fourth-order valence-corrected chi connectivity index (χ4v) is 4.78. The molecule has 2 saturated heterocycles. The smallest absolute Gasteiger partial charge is 0.261 e. The number of fused-ring (bicyclic) bond motifs is 1. The molecule has 182 valence electrons. The van der Waals surface area contributed by atoms with Gasteiger partial charge in [0, 0.05) is 37.1 Å². The number of rotatable bonds is 6. The Balaban J connectivity index is 1.46. The van der Waals surface area contributed by atoms with E-state index in [0.717, 1.165) is 30.6 Å². The van der Waals surface area contributed by atoms with E-state index in [0.29, 0.717) is 36.6 Å². The topological polar surface area (TPSA) is 60.0 Å². The molecule has 9 heteroatoms. The Kier molecular flexibility index (Phi) is 6.40. The zero-order valence-corrected chi connectivity index (χ0v) is 19.0. The number of hydrogen-bond donors (Lipinski definition) is 1. The molecule has 3 aliphatic heterocycles. The summed E-state index contributed by atoms with van der Waals surface area (Å²) in [7, 11) is 0. The van der Waals surface area contributed by atoms with Crippen LogP contribution in [-0.2, 0) is 16.0 Å². The molecule has 0 bridgehead atoms. The number of benzene rings is 2. The second kappa shape index (κ2) is 9.46. The maximum absolute atomic E-state index is 15.5. The lowest BCUT2D eigenvalue weighted by Crippen LogP contribution is -2.30. The van der Waals surface area contributed by atoms with Gasteiger partial charge in [-0.05, 0) is 44.2 Å². The van der Waals surface area contributed by atoms with E-state index < -0.39 is 40.4 Å². The summed E-state index contributed by atoms with van der Waals surface area (Å²) in [5.41, 5.74) is 0.634. The van der Waals surface area contributed by atoms with Crippen molar-refractivity contribution >= 4 is 17.3 Å². The highest BCUT2D eigenvalue weighted by atomic mass is 19.1. The first-order valence-electron chi connectivity index (χ1n) is 11.6. The molecule has 1 atom stereocenters. The number of nitrogens with zero attached hydrogens (tertiary/aromatic N) is 1. The second-order valence-corrected chi connectivity index (χ2v) is 8.95. The second-order valence-electron chi connectivity index (χ2n) is 8.95. The average molecular weight is 476 g/mol. The summed E-state index contributed by atoms with van der Waals surface area (Å²) in [4.78, 5) is 14.4. The van der Waals surface area contributed by atoms with Crippen molar-refractivity contribution in [3.05, 3.63) is 52.3 Å². The summed E-state index contributed by atoms with van der Waals surface area (Å²) in [5.74, 6) is -4.67. The van der Waals surface area contributed by atoms with E-state index in [2.05, 4.69) is 5.32 Å². The van der Waals surface area contributed by atoms with Gasteiger partial charge in [0.1, 0.15) is 12.3 Å². The Morgan fingerprint density at radius 1 is 1.09 bits per heavy atom. The van der Waals surface area contributed by atoms with Gasteiger partial charge in [-0.15, -0.1) is 0 Å². The molecular formula is C25H27F3N2O4. The molecule has 34 heavy (non-hydrogen) atoms. The minimum absolute atomic E-state index is 0.0262. The van der Waals surface area contributed by atoms with Crippen LogP contribution in [0.5, 0.6) is 5.75 Å². The highest BCUT2D eigenvalue weighted by molar-refractivity contribution is 6.13. The van der Waals surface area contributed by atoms with Crippen LogP contribution in [0.1, 0.15) is 47.2 Å². The number of hydrogen-bond acceptors (Lipinski definition) is 5. The third-order valence-corrected chi connectivity index (χ3v) is 6.70. The molecule has 3 aliphatic rings. The number of ether oxygens (including phenoxy) is 3. The number of carbonyl (C=O) groups excluding carboxylic acids is 1. The molecule has 2 aromatic carbocycles. The highest BCUT2D eigenvalue weighted by Gasteiger charge is 2.37. The minimum atomic E-state index is -1.22. The average Bonchev–Trinajstić information content (AvgIpc) is 3.47.